The quantitative estimate of drug-likeness (QED) is 0.706. The van der Waals surface area contributed by atoms with Crippen molar-refractivity contribution < 1.29 is 0 Å². The molecule has 1 N–H and O–H groups in total. The summed E-state index contributed by atoms with van der Waals surface area (Å²) in [5, 5.41) is 1.05. The van der Waals surface area contributed by atoms with Crippen molar-refractivity contribution in [2.45, 2.75) is 6.92 Å². The number of rotatable bonds is 1. The maximum absolute atomic E-state index is 11.3. The van der Waals surface area contributed by atoms with Gasteiger partial charge >= 0.3 is 5.69 Å². The van der Waals surface area contributed by atoms with Crippen molar-refractivity contribution in [2.75, 3.05) is 0 Å². The Morgan fingerprint density at radius 3 is 2.94 bits per heavy atom. The van der Waals surface area contributed by atoms with Crippen molar-refractivity contribution in [3.8, 4) is 11.3 Å². The minimum absolute atomic E-state index is 0.332. The first-order chi connectivity index (χ1) is 8.74. The lowest BCUT2D eigenvalue weighted by Crippen LogP contribution is -2.11. The normalized spacial score (nSPS) is 10.7. The lowest BCUT2D eigenvalue weighted by molar-refractivity contribution is 1.06. The first kappa shape index (κ1) is 10.7. The molecule has 4 heteroatoms. The van der Waals surface area contributed by atoms with E-state index in [0.29, 0.717) is 0 Å². The van der Waals surface area contributed by atoms with Gasteiger partial charge in [0.25, 0.3) is 0 Å². The molecule has 0 atom stereocenters. The largest absolute Gasteiger partial charge is 0.345 e. The Bertz CT molecular complexity index is 777. The molecule has 0 saturated carbocycles. The zero-order chi connectivity index (χ0) is 12.5. The van der Waals surface area contributed by atoms with Crippen LogP contribution >= 0.6 is 0 Å². The molecule has 3 rings (SSSR count). The third-order valence-corrected chi connectivity index (χ3v) is 2.89. The summed E-state index contributed by atoms with van der Waals surface area (Å²) in [6.45, 7) is 1.92. The zero-order valence-electron chi connectivity index (χ0n) is 9.84. The smallest absolute Gasteiger partial charge is 0.305 e. The van der Waals surface area contributed by atoms with E-state index in [1.807, 2.05) is 37.3 Å². The fourth-order valence-corrected chi connectivity index (χ4v) is 1.99. The average Bonchev–Trinajstić information content (AvgIpc) is 2.41. The number of aryl methyl sites for hydroxylation is 1. The Hall–Kier alpha value is -2.49. The van der Waals surface area contributed by atoms with Gasteiger partial charge in [-0.05, 0) is 36.2 Å². The van der Waals surface area contributed by atoms with Crippen molar-refractivity contribution in [2.24, 2.45) is 0 Å². The highest BCUT2D eigenvalue weighted by Crippen LogP contribution is 2.23. The van der Waals surface area contributed by atoms with Crippen LogP contribution < -0.4 is 5.69 Å². The van der Waals surface area contributed by atoms with Crippen LogP contribution in [0.4, 0.5) is 0 Å². The molecular weight excluding hydrogens is 226 g/mol. The van der Waals surface area contributed by atoms with Crippen LogP contribution in [0.25, 0.3) is 22.2 Å². The molecule has 0 aliphatic heterocycles. The van der Waals surface area contributed by atoms with E-state index in [2.05, 4.69) is 15.0 Å². The zero-order valence-corrected chi connectivity index (χ0v) is 9.84. The molecule has 0 bridgehead atoms. The Kier molecular flexibility index (Phi) is 2.41. The van der Waals surface area contributed by atoms with Crippen LogP contribution in [0.15, 0.2) is 47.5 Å². The van der Waals surface area contributed by atoms with Crippen molar-refractivity contribution >= 4 is 10.9 Å². The summed E-state index contributed by atoms with van der Waals surface area (Å²) in [5.41, 5.74) is 3.32. The molecular formula is C14H11N3O. The molecule has 3 aromatic rings. The molecule has 88 valence electrons. The molecule has 0 fully saturated rings. The number of pyridine rings is 1. The Labute approximate surface area is 103 Å². The summed E-state index contributed by atoms with van der Waals surface area (Å²) in [6.07, 6.45) is 3.35. The molecule has 1 aromatic carbocycles. The van der Waals surface area contributed by atoms with Gasteiger partial charge in [-0.25, -0.2) is 9.78 Å². The Balaban J connectivity index is 2.25. The second-order valence-electron chi connectivity index (χ2n) is 4.16. The average molecular weight is 237 g/mol. The highest BCUT2D eigenvalue weighted by molar-refractivity contribution is 5.83. The molecule has 18 heavy (non-hydrogen) atoms. The monoisotopic (exact) mass is 237 g/mol. The molecule has 0 aliphatic carbocycles. The number of aromatic amines is 1. The Morgan fingerprint density at radius 2 is 2.06 bits per heavy atom. The standard InChI is InChI=1S/C14H11N3O/c1-9-8-16-14(18)17-13(9)11-4-5-12-10(7-11)3-2-6-15-12/h2-8H,1H3,(H,16,17,18). The maximum atomic E-state index is 11.3. The van der Waals surface area contributed by atoms with E-state index >= 15 is 0 Å². The van der Waals surface area contributed by atoms with Crippen molar-refractivity contribution in [3.05, 3.63) is 58.8 Å². The third kappa shape index (κ3) is 1.78. The van der Waals surface area contributed by atoms with Crippen molar-refractivity contribution in [1.82, 2.24) is 15.0 Å². The predicted octanol–water partition coefficient (Wildman–Crippen LogP) is 2.29. The topological polar surface area (TPSA) is 58.6 Å². The van der Waals surface area contributed by atoms with E-state index in [-0.39, 0.29) is 5.69 Å². The third-order valence-electron chi connectivity index (χ3n) is 2.89. The summed E-state index contributed by atoms with van der Waals surface area (Å²) >= 11 is 0. The second-order valence-corrected chi connectivity index (χ2v) is 4.16. The van der Waals surface area contributed by atoms with Gasteiger partial charge in [-0.15, -0.1) is 0 Å². The number of hydrogen-bond acceptors (Lipinski definition) is 3. The molecule has 2 aromatic heterocycles. The molecule has 0 spiro atoms. The van der Waals surface area contributed by atoms with E-state index < -0.39 is 0 Å². The highest BCUT2D eigenvalue weighted by atomic mass is 16.1. The van der Waals surface area contributed by atoms with Crippen molar-refractivity contribution in [1.29, 1.82) is 0 Å². The fraction of sp³-hybridized carbons (Fsp3) is 0.0714. The van der Waals surface area contributed by atoms with Crippen LogP contribution in [0.1, 0.15) is 5.56 Å². The molecule has 0 aliphatic rings. The molecule has 0 saturated heterocycles. The van der Waals surface area contributed by atoms with E-state index in [1.54, 1.807) is 12.4 Å². The lowest BCUT2D eigenvalue weighted by atomic mass is 10.1. The molecule has 0 unspecified atom stereocenters. The van der Waals surface area contributed by atoms with Gasteiger partial charge in [-0.2, -0.15) is 0 Å². The van der Waals surface area contributed by atoms with Gasteiger partial charge in [-0.1, -0.05) is 12.1 Å². The van der Waals surface area contributed by atoms with Gasteiger partial charge < -0.3 is 4.98 Å². The van der Waals surface area contributed by atoms with Gasteiger partial charge in [0, 0.05) is 17.8 Å². The second kappa shape index (κ2) is 4.07. The fourth-order valence-electron chi connectivity index (χ4n) is 1.99. The Morgan fingerprint density at radius 1 is 1.17 bits per heavy atom. The van der Waals surface area contributed by atoms with Gasteiger partial charge in [0.1, 0.15) is 0 Å². The predicted molar refractivity (Wildman–Crippen MR) is 70.3 cm³/mol. The number of nitrogens with one attached hydrogen (secondary N) is 1. The number of nitrogens with zero attached hydrogens (tertiary/aromatic N) is 2. The van der Waals surface area contributed by atoms with E-state index in [1.165, 1.54) is 0 Å². The lowest BCUT2D eigenvalue weighted by Gasteiger charge is -2.06. The SMILES string of the molecule is Cc1cnc(=O)[nH]c1-c1ccc2ncccc2c1. The van der Waals surface area contributed by atoms with Crippen LogP contribution in [0.5, 0.6) is 0 Å². The number of aromatic nitrogens is 3. The molecule has 4 nitrogen and oxygen atoms in total. The van der Waals surface area contributed by atoms with Gasteiger partial charge in [0.2, 0.25) is 0 Å². The van der Waals surface area contributed by atoms with Gasteiger partial charge in [0.15, 0.2) is 0 Å². The molecule has 2 heterocycles. The summed E-state index contributed by atoms with van der Waals surface area (Å²) in [6, 6.07) is 9.81. The minimum Gasteiger partial charge on any atom is -0.305 e. The maximum Gasteiger partial charge on any atom is 0.345 e. The van der Waals surface area contributed by atoms with E-state index in [9.17, 15) is 4.79 Å². The molecule has 0 radical (unpaired) electrons. The summed E-state index contributed by atoms with van der Waals surface area (Å²) in [5.74, 6) is 0. The van der Waals surface area contributed by atoms with Crippen LogP contribution in [0, 0.1) is 6.92 Å². The van der Waals surface area contributed by atoms with Crippen LogP contribution in [-0.2, 0) is 0 Å². The van der Waals surface area contributed by atoms with Crippen molar-refractivity contribution in [3.63, 3.8) is 0 Å². The van der Waals surface area contributed by atoms with Gasteiger partial charge in [0.05, 0.1) is 11.2 Å². The first-order valence-corrected chi connectivity index (χ1v) is 5.65. The highest BCUT2D eigenvalue weighted by Gasteiger charge is 2.04. The number of fused-ring (bicyclic) bond motifs is 1. The molecule has 0 amide bonds. The van der Waals surface area contributed by atoms with Crippen LogP contribution in [-0.4, -0.2) is 15.0 Å². The minimum atomic E-state index is -0.332. The van der Waals surface area contributed by atoms with E-state index in [4.69, 9.17) is 0 Å². The summed E-state index contributed by atoms with van der Waals surface area (Å²) in [4.78, 5) is 22.0. The number of hydrogen-bond donors (Lipinski definition) is 1. The first-order valence-electron chi connectivity index (χ1n) is 5.65. The van der Waals surface area contributed by atoms with Crippen LogP contribution in [0.3, 0.4) is 0 Å². The summed E-state index contributed by atoms with van der Waals surface area (Å²) in [7, 11) is 0. The number of H-pyrrole nitrogens is 1. The summed E-state index contributed by atoms with van der Waals surface area (Å²) < 4.78 is 0. The van der Waals surface area contributed by atoms with Gasteiger partial charge in [-0.3, -0.25) is 4.98 Å². The van der Waals surface area contributed by atoms with E-state index in [0.717, 1.165) is 27.7 Å². The van der Waals surface area contributed by atoms with Crippen LogP contribution in [0.2, 0.25) is 0 Å². The number of benzene rings is 1.